The van der Waals surface area contributed by atoms with Gasteiger partial charge in [0.1, 0.15) is 5.75 Å². The summed E-state index contributed by atoms with van der Waals surface area (Å²) < 4.78 is 32.8. The number of pyridine rings is 1. The van der Waals surface area contributed by atoms with Crippen LogP contribution in [0.15, 0.2) is 102 Å². The molecule has 0 aliphatic heterocycles. The van der Waals surface area contributed by atoms with Gasteiger partial charge in [-0.2, -0.15) is 0 Å². The van der Waals surface area contributed by atoms with Crippen LogP contribution in [0.5, 0.6) is 5.75 Å². The summed E-state index contributed by atoms with van der Waals surface area (Å²) in [6, 6.07) is 28.6. The van der Waals surface area contributed by atoms with Crippen LogP contribution in [0.25, 0.3) is 11.1 Å². The van der Waals surface area contributed by atoms with Crippen molar-refractivity contribution in [2.45, 2.75) is 30.2 Å². The van der Waals surface area contributed by atoms with Crippen LogP contribution in [0.4, 0.5) is 0 Å². The molecule has 0 spiro atoms. The number of ether oxygens (including phenoxy) is 1. The van der Waals surface area contributed by atoms with E-state index >= 15 is 0 Å². The van der Waals surface area contributed by atoms with Gasteiger partial charge in [0.25, 0.3) is 0 Å². The van der Waals surface area contributed by atoms with E-state index in [1.165, 1.54) is 12.1 Å². The Balaban J connectivity index is 1.59. The van der Waals surface area contributed by atoms with Crippen LogP contribution in [0, 0.1) is 0 Å². The fourth-order valence-electron chi connectivity index (χ4n) is 3.97. The van der Waals surface area contributed by atoms with Crippen molar-refractivity contribution in [1.82, 2.24) is 10.3 Å². The average molecular weight is 517 g/mol. The van der Waals surface area contributed by atoms with Gasteiger partial charge in [-0.05, 0) is 60.0 Å². The Morgan fingerprint density at radius 3 is 2.35 bits per heavy atom. The van der Waals surface area contributed by atoms with Crippen molar-refractivity contribution in [3.8, 4) is 16.9 Å². The first-order chi connectivity index (χ1) is 17.9. The Bertz CT molecular complexity index is 1460. The molecule has 4 rings (SSSR count). The number of nitrogens with zero attached hydrogens (tertiary/aromatic N) is 1. The zero-order valence-corrected chi connectivity index (χ0v) is 21.2. The van der Waals surface area contributed by atoms with E-state index < -0.39 is 21.2 Å². The summed E-state index contributed by atoms with van der Waals surface area (Å²) >= 11 is 0. The van der Waals surface area contributed by atoms with E-state index in [2.05, 4.69) is 10.3 Å². The Morgan fingerprint density at radius 2 is 1.65 bits per heavy atom. The third kappa shape index (κ3) is 6.61. The maximum absolute atomic E-state index is 13.6. The third-order valence-electron chi connectivity index (χ3n) is 5.74. The number of aliphatic carboxylic acids is 1. The molecule has 37 heavy (non-hydrogen) atoms. The third-order valence-corrected chi connectivity index (χ3v) is 7.69. The van der Waals surface area contributed by atoms with Crippen molar-refractivity contribution in [2.75, 3.05) is 6.61 Å². The first kappa shape index (κ1) is 26.1. The molecule has 2 N–H and O–H groups in total. The standard InChI is InChI=1S/C29H28N2O5S/c1-2-36-25-10-6-8-23(18-25)22-16-14-21(15-17-22)20-30-29(37(34,35)26-11-4-3-5-12-26)27-13-7-9-24(31-27)19-28(32)33/h3-18,29-30H,2,19-20H2,1H3,(H,32,33). The number of carboxylic acid groups (broad SMARTS) is 1. The normalized spacial score (nSPS) is 12.1. The largest absolute Gasteiger partial charge is 0.494 e. The molecule has 7 nitrogen and oxygen atoms in total. The molecule has 0 aliphatic carbocycles. The molecule has 1 unspecified atom stereocenters. The van der Waals surface area contributed by atoms with Gasteiger partial charge in [-0.3, -0.25) is 15.1 Å². The molecule has 0 saturated heterocycles. The van der Waals surface area contributed by atoms with E-state index in [-0.39, 0.29) is 23.6 Å². The summed E-state index contributed by atoms with van der Waals surface area (Å²) in [5.74, 6) is -0.232. The predicted octanol–water partition coefficient (Wildman–Crippen LogP) is 5.04. The van der Waals surface area contributed by atoms with Crippen molar-refractivity contribution in [2.24, 2.45) is 0 Å². The number of hydrogen-bond donors (Lipinski definition) is 2. The number of nitrogens with one attached hydrogen (secondary N) is 1. The highest BCUT2D eigenvalue weighted by Gasteiger charge is 2.30. The summed E-state index contributed by atoms with van der Waals surface area (Å²) in [7, 11) is -3.87. The van der Waals surface area contributed by atoms with Gasteiger partial charge in [0, 0.05) is 6.54 Å². The molecule has 4 aromatic rings. The fourth-order valence-corrected chi connectivity index (χ4v) is 5.54. The molecule has 0 radical (unpaired) electrons. The summed E-state index contributed by atoms with van der Waals surface area (Å²) in [4.78, 5) is 15.7. The van der Waals surface area contributed by atoms with E-state index in [0.29, 0.717) is 12.3 Å². The Morgan fingerprint density at radius 1 is 0.919 bits per heavy atom. The van der Waals surface area contributed by atoms with Gasteiger partial charge in [-0.1, -0.05) is 60.7 Å². The lowest BCUT2D eigenvalue weighted by Gasteiger charge is -2.20. The molecule has 8 heteroatoms. The molecule has 1 heterocycles. The molecule has 0 aliphatic rings. The smallest absolute Gasteiger partial charge is 0.309 e. The second-order valence-corrected chi connectivity index (χ2v) is 10.4. The lowest BCUT2D eigenvalue weighted by atomic mass is 10.0. The minimum atomic E-state index is -3.87. The van der Waals surface area contributed by atoms with Crippen LogP contribution in [-0.4, -0.2) is 31.1 Å². The van der Waals surface area contributed by atoms with Gasteiger partial charge in [-0.15, -0.1) is 0 Å². The maximum atomic E-state index is 13.6. The lowest BCUT2D eigenvalue weighted by molar-refractivity contribution is -0.136. The maximum Gasteiger partial charge on any atom is 0.309 e. The first-order valence-electron chi connectivity index (χ1n) is 11.9. The minimum absolute atomic E-state index is 0.155. The van der Waals surface area contributed by atoms with Crippen LogP contribution in [-0.2, 0) is 27.6 Å². The van der Waals surface area contributed by atoms with Crippen molar-refractivity contribution in [3.05, 3.63) is 114 Å². The summed E-state index contributed by atoms with van der Waals surface area (Å²) in [6.45, 7) is 2.80. The van der Waals surface area contributed by atoms with Crippen molar-refractivity contribution in [3.63, 3.8) is 0 Å². The van der Waals surface area contributed by atoms with E-state index in [1.807, 2.05) is 55.5 Å². The van der Waals surface area contributed by atoms with Gasteiger partial charge < -0.3 is 9.84 Å². The SMILES string of the molecule is CCOc1cccc(-c2ccc(CNC(c3cccc(CC(=O)O)n3)S(=O)(=O)c3ccccc3)cc2)c1. The number of rotatable bonds is 11. The minimum Gasteiger partial charge on any atom is -0.494 e. The van der Waals surface area contributed by atoms with Gasteiger partial charge in [-0.25, -0.2) is 8.42 Å². The highest BCUT2D eigenvalue weighted by molar-refractivity contribution is 7.91. The number of carbonyl (C=O) groups is 1. The second-order valence-electron chi connectivity index (χ2n) is 8.40. The Kier molecular flexibility index (Phi) is 8.32. The molecule has 190 valence electrons. The van der Waals surface area contributed by atoms with Crippen LogP contribution in [0.3, 0.4) is 0 Å². The second kappa shape index (κ2) is 11.8. The highest BCUT2D eigenvalue weighted by Crippen LogP contribution is 2.27. The molecular formula is C29H28N2O5S. The number of sulfone groups is 1. The summed E-state index contributed by atoms with van der Waals surface area (Å²) in [5, 5.41) is 11.1. The lowest BCUT2D eigenvalue weighted by Crippen LogP contribution is -2.29. The van der Waals surface area contributed by atoms with Gasteiger partial charge in [0.15, 0.2) is 15.2 Å². The van der Waals surface area contributed by atoms with E-state index in [0.717, 1.165) is 22.4 Å². The Labute approximate surface area is 216 Å². The van der Waals surface area contributed by atoms with Gasteiger partial charge in [0.2, 0.25) is 0 Å². The quantitative estimate of drug-likeness (QED) is 0.288. The number of aromatic nitrogens is 1. The van der Waals surface area contributed by atoms with E-state index in [9.17, 15) is 13.2 Å². The van der Waals surface area contributed by atoms with E-state index in [1.54, 1.807) is 36.4 Å². The number of carboxylic acids is 1. The van der Waals surface area contributed by atoms with Crippen LogP contribution >= 0.6 is 0 Å². The first-order valence-corrected chi connectivity index (χ1v) is 13.4. The predicted molar refractivity (Wildman–Crippen MR) is 142 cm³/mol. The number of benzene rings is 3. The molecule has 0 saturated carbocycles. The average Bonchev–Trinajstić information content (AvgIpc) is 2.90. The Hall–Kier alpha value is -4.01. The van der Waals surface area contributed by atoms with E-state index in [4.69, 9.17) is 9.84 Å². The molecule has 0 fully saturated rings. The van der Waals surface area contributed by atoms with Crippen molar-refractivity contribution < 1.29 is 23.1 Å². The zero-order chi connectivity index (χ0) is 26.3. The van der Waals surface area contributed by atoms with Crippen LogP contribution in [0.2, 0.25) is 0 Å². The molecule has 1 aromatic heterocycles. The van der Waals surface area contributed by atoms with Gasteiger partial charge >= 0.3 is 5.97 Å². The molecular weight excluding hydrogens is 488 g/mol. The van der Waals surface area contributed by atoms with Crippen LogP contribution in [0.1, 0.15) is 29.2 Å². The molecule has 1 atom stereocenters. The number of hydrogen-bond acceptors (Lipinski definition) is 6. The topological polar surface area (TPSA) is 106 Å². The molecule has 0 amide bonds. The summed E-state index contributed by atoms with van der Waals surface area (Å²) in [6.07, 6.45) is -0.294. The van der Waals surface area contributed by atoms with Crippen LogP contribution < -0.4 is 10.1 Å². The van der Waals surface area contributed by atoms with Crippen molar-refractivity contribution >= 4 is 15.8 Å². The molecule has 0 bridgehead atoms. The summed E-state index contributed by atoms with van der Waals surface area (Å²) in [5.41, 5.74) is 3.46. The highest BCUT2D eigenvalue weighted by atomic mass is 32.2. The van der Waals surface area contributed by atoms with Gasteiger partial charge in [0.05, 0.1) is 29.3 Å². The molecule has 3 aromatic carbocycles. The zero-order valence-electron chi connectivity index (χ0n) is 20.4. The monoisotopic (exact) mass is 516 g/mol. The fraction of sp³-hybridized carbons (Fsp3) is 0.172. The van der Waals surface area contributed by atoms with Crippen molar-refractivity contribution in [1.29, 1.82) is 0 Å².